The molecule has 0 bridgehead atoms. The molecule has 2 aromatic heterocycles. The maximum absolute atomic E-state index is 12.8. The van der Waals surface area contributed by atoms with Gasteiger partial charge in [0, 0.05) is 37.0 Å². The first kappa shape index (κ1) is 21.8. The average Bonchev–Trinajstić information content (AvgIpc) is 3.49. The number of fused-ring (bicyclic) bond motifs is 2. The summed E-state index contributed by atoms with van der Waals surface area (Å²) in [7, 11) is 0. The monoisotopic (exact) mass is 472 g/mol. The Hall–Kier alpha value is -3.68. The fourth-order valence-corrected chi connectivity index (χ4v) is 4.91. The fraction of sp³-hybridized carbons (Fsp3) is 0.407. The van der Waals surface area contributed by atoms with E-state index in [2.05, 4.69) is 12.3 Å². The molecule has 0 spiro atoms. The van der Waals surface area contributed by atoms with Gasteiger partial charge in [0.2, 0.25) is 0 Å². The number of nitrogens with zero attached hydrogens (tertiary/aromatic N) is 4. The van der Waals surface area contributed by atoms with Gasteiger partial charge in [-0.2, -0.15) is 0 Å². The molecular weight excluding hydrogens is 444 g/mol. The lowest BCUT2D eigenvalue weighted by Gasteiger charge is -2.40. The number of rotatable bonds is 4. The van der Waals surface area contributed by atoms with Crippen molar-refractivity contribution in [2.45, 2.75) is 57.6 Å². The lowest BCUT2D eigenvalue weighted by molar-refractivity contribution is 0.00823. The van der Waals surface area contributed by atoms with E-state index in [1.165, 1.54) is 23.3 Å². The number of benzene rings is 1. The Kier molecular flexibility index (Phi) is 4.78. The van der Waals surface area contributed by atoms with Crippen molar-refractivity contribution in [2.75, 3.05) is 13.1 Å². The molecular formula is C27H28N4O4. The molecule has 4 heterocycles. The third-order valence-corrected chi connectivity index (χ3v) is 6.87. The van der Waals surface area contributed by atoms with Crippen molar-refractivity contribution in [3.8, 4) is 0 Å². The quantitative estimate of drug-likeness (QED) is 0.528. The van der Waals surface area contributed by atoms with E-state index in [0.717, 1.165) is 11.2 Å². The first-order valence-electron chi connectivity index (χ1n) is 12.1. The zero-order valence-electron chi connectivity index (χ0n) is 20.2. The molecule has 1 saturated carbocycles. The molecule has 3 amide bonds. The van der Waals surface area contributed by atoms with Gasteiger partial charge in [0.05, 0.1) is 23.4 Å². The molecule has 8 nitrogen and oxygen atoms in total. The number of hydrogen-bond acceptors (Lipinski definition) is 5. The third kappa shape index (κ3) is 3.87. The van der Waals surface area contributed by atoms with Gasteiger partial charge in [-0.05, 0) is 63.3 Å². The molecule has 180 valence electrons. The summed E-state index contributed by atoms with van der Waals surface area (Å²) in [6.07, 6.45) is 6.09. The van der Waals surface area contributed by atoms with E-state index in [1.807, 2.05) is 31.4 Å². The number of carbonyl (C=O) groups excluding carboxylic acids is 3. The number of imide groups is 1. The number of aromatic nitrogens is 2. The Labute approximate surface area is 203 Å². The highest BCUT2D eigenvalue weighted by atomic mass is 16.6. The second kappa shape index (κ2) is 7.66. The number of pyridine rings is 1. The van der Waals surface area contributed by atoms with E-state index in [9.17, 15) is 14.4 Å². The van der Waals surface area contributed by atoms with Crippen molar-refractivity contribution in [3.05, 3.63) is 70.7 Å². The molecule has 3 aliphatic rings. The standard InChI is InChI=1S/C27H28N4O4/c1-27(2,3)35-26(34)30-12-18(13-30)22-10-17(16-8-9-16)11-29-14-19(28-23(22)29)15-31-24(32)20-6-4-5-7-21(20)25(31)33/h4-7,10-11,14,16,18H,8-9,12-13,15H2,1-3H3. The van der Waals surface area contributed by atoms with Crippen molar-refractivity contribution >= 4 is 23.6 Å². The summed E-state index contributed by atoms with van der Waals surface area (Å²) in [6, 6.07) is 9.13. The molecule has 2 fully saturated rings. The Morgan fingerprint density at radius 1 is 1.03 bits per heavy atom. The van der Waals surface area contributed by atoms with Crippen LogP contribution >= 0.6 is 0 Å². The summed E-state index contributed by atoms with van der Waals surface area (Å²) < 4.78 is 7.53. The van der Waals surface area contributed by atoms with Crippen LogP contribution in [0.2, 0.25) is 0 Å². The van der Waals surface area contributed by atoms with Crippen molar-refractivity contribution in [3.63, 3.8) is 0 Å². The van der Waals surface area contributed by atoms with Crippen LogP contribution < -0.4 is 0 Å². The van der Waals surface area contributed by atoms with Crippen molar-refractivity contribution in [2.24, 2.45) is 0 Å². The minimum Gasteiger partial charge on any atom is -0.444 e. The second-order valence-corrected chi connectivity index (χ2v) is 10.8. The molecule has 0 unspecified atom stereocenters. The molecule has 2 aliphatic heterocycles. The Bertz CT molecular complexity index is 1340. The lowest BCUT2D eigenvalue weighted by atomic mass is 9.91. The lowest BCUT2D eigenvalue weighted by Crippen LogP contribution is -2.50. The van der Waals surface area contributed by atoms with Gasteiger partial charge in [0.1, 0.15) is 11.2 Å². The summed E-state index contributed by atoms with van der Waals surface area (Å²) in [5, 5.41) is 0. The average molecular weight is 473 g/mol. The maximum Gasteiger partial charge on any atom is 0.410 e. The Morgan fingerprint density at radius 3 is 2.29 bits per heavy atom. The van der Waals surface area contributed by atoms with Crippen LogP contribution in [0.3, 0.4) is 0 Å². The molecule has 1 saturated heterocycles. The molecule has 3 aromatic rings. The highest BCUT2D eigenvalue weighted by molar-refractivity contribution is 6.21. The van der Waals surface area contributed by atoms with Crippen LogP contribution in [-0.4, -0.2) is 55.8 Å². The van der Waals surface area contributed by atoms with Crippen LogP contribution in [-0.2, 0) is 11.3 Å². The topological polar surface area (TPSA) is 84.2 Å². The molecule has 0 N–H and O–H groups in total. The first-order chi connectivity index (χ1) is 16.7. The zero-order chi connectivity index (χ0) is 24.5. The highest BCUT2D eigenvalue weighted by Crippen LogP contribution is 2.42. The number of imidazole rings is 1. The van der Waals surface area contributed by atoms with Gasteiger partial charge in [-0.25, -0.2) is 9.78 Å². The zero-order valence-corrected chi connectivity index (χ0v) is 20.2. The molecule has 0 radical (unpaired) electrons. The van der Waals surface area contributed by atoms with Gasteiger partial charge in [-0.3, -0.25) is 14.5 Å². The minimum atomic E-state index is -0.524. The van der Waals surface area contributed by atoms with Crippen LogP contribution in [0, 0.1) is 0 Å². The number of amides is 3. The van der Waals surface area contributed by atoms with E-state index < -0.39 is 5.60 Å². The number of hydrogen-bond donors (Lipinski definition) is 0. The molecule has 6 rings (SSSR count). The predicted molar refractivity (Wildman–Crippen MR) is 128 cm³/mol. The van der Waals surface area contributed by atoms with E-state index in [0.29, 0.717) is 35.8 Å². The minimum absolute atomic E-state index is 0.126. The summed E-state index contributed by atoms with van der Waals surface area (Å²) in [6.45, 7) is 6.89. The second-order valence-electron chi connectivity index (χ2n) is 10.8. The highest BCUT2D eigenvalue weighted by Gasteiger charge is 2.38. The summed E-state index contributed by atoms with van der Waals surface area (Å²) >= 11 is 0. The van der Waals surface area contributed by atoms with Crippen LogP contribution in [0.5, 0.6) is 0 Å². The summed E-state index contributed by atoms with van der Waals surface area (Å²) in [5.41, 5.74) is 4.20. The molecule has 35 heavy (non-hydrogen) atoms. The fourth-order valence-electron chi connectivity index (χ4n) is 4.91. The molecule has 8 heteroatoms. The van der Waals surface area contributed by atoms with Crippen molar-refractivity contribution in [1.82, 2.24) is 19.2 Å². The van der Waals surface area contributed by atoms with Crippen LogP contribution in [0.25, 0.3) is 5.65 Å². The van der Waals surface area contributed by atoms with E-state index in [1.54, 1.807) is 29.2 Å². The smallest absolute Gasteiger partial charge is 0.410 e. The molecule has 1 aromatic carbocycles. The van der Waals surface area contributed by atoms with E-state index in [-0.39, 0.29) is 30.4 Å². The summed E-state index contributed by atoms with van der Waals surface area (Å²) in [5.74, 6) is 0.155. The first-order valence-corrected chi connectivity index (χ1v) is 12.1. The van der Waals surface area contributed by atoms with Crippen LogP contribution in [0.15, 0.2) is 42.7 Å². The number of ether oxygens (including phenoxy) is 1. The Balaban J connectivity index is 1.27. The van der Waals surface area contributed by atoms with Crippen LogP contribution in [0.1, 0.15) is 83.0 Å². The van der Waals surface area contributed by atoms with Gasteiger partial charge in [-0.15, -0.1) is 0 Å². The van der Waals surface area contributed by atoms with Crippen molar-refractivity contribution < 1.29 is 19.1 Å². The van der Waals surface area contributed by atoms with Gasteiger partial charge >= 0.3 is 6.09 Å². The predicted octanol–water partition coefficient (Wildman–Crippen LogP) is 4.34. The normalized spacial score (nSPS) is 18.3. The number of likely N-dealkylation sites (tertiary alicyclic amines) is 1. The van der Waals surface area contributed by atoms with Gasteiger partial charge < -0.3 is 14.0 Å². The SMILES string of the molecule is CC(C)(C)OC(=O)N1CC(c2cc(C3CC3)cn3cc(CN4C(=O)c5ccccc5C4=O)nc23)C1. The van der Waals surface area contributed by atoms with Crippen molar-refractivity contribution in [1.29, 1.82) is 0 Å². The van der Waals surface area contributed by atoms with Gasteiger partial charge in [-0.1, -0.05) is 12.1 Å². The maximum atomic E-state index is 12.8. The third-order valence-electron chi connectivity index (χ3n) is 6.87. The molecule has 1 aliphatic carbocycles. The van der Waals surface area contributed by atoms with E-state index in [4.69, 9.17) is 9.72 Å². The van der Waals surface area contributed by atoms with E-state index >= 15 is 0 Å². The van der Waals surface area contributed by atoms with Gasteiger partial charge in [0.15, 0.2) is 0 Å². The summed E-state index contributed by atoms with van der Waals surface area (Å²) in [4.78, 5) is 45.9. The number of carbonyl (C=O) groups is 3. The van der Waals surface area contributed by atoms with Crippen LogP contribution in [0.4, 0.5) is 4.79 Å². The van der Waals surface area contributed by atoms with Gasteiger partial charge in [0.25, 0.3) is 11.8 Å². The Morgan fingerprint density at radius 2 is 1.69 bits per heavy atom. The molecule has 0 atom stereocenters. The largest absolute Gasteiger partial charge is 0.444 e.